The molecule has 7 heteroatoms. The Morgan fingerprint density at radius 1 is 1.15 bits per heavy atom. The number of aromatic nitrogens is 1. The summed E-state index contributed by atoms with van der Waals surface area (Å²) in [6, 6.07) is 13.3. The summed E-state index contributed by atoms with van der Waals surface area (Å²) >= 11 is 1.51. The fourth-order valence-electron chi connectivity index (χ4n) is 3.70. The zero-order valence-corrected chi connectivity index (χ0v) is 15.5. The third-order valence-electron chi connectivity index (χ3n) is 4.97. The van der Waals surface area contributed by atoms with Crippen molar-refractivity contribution in [2.75, 3.05) is 25.0 Å². The molecule has 0 radical (unpaired) electrons. The first-order valence-corrected chi connectivity index (χ1v) is 9.56. The highest BCUT2D eigenvalue weighted by Crippen LogP contribution is 2.44. The van der Waals surface area contributed by atoms with E-state index in [1.807, 2.05) is 31.3 Å². The van der Waals surface area contributed by atoms with Crippen molar-refractivity contribution in [2.24, 2.45) is 0 Å². The predicted molar refractivity (Wildman–Crippen MR) is 104 cm³/mol. The number of anilines is 1. The van der Waals surface area contributed by atoms with Crippen LogP contribution in [0.2, 0.25) is 0 Å². The lowest BCUT2D eigenvalue weighted by atomic mass is 9.94. The van der Waals surface area contributed by atoms with E-state index in [0.29, 0.717) is 18.8 Å². The number of hydrogen-bond acceptors (Lipinski definition) is 6. The van der Waals surface area contributed by atoms with Gasteiger partial charge in [-0.3, -0.25) is 4.98 Å². The zero-order valence-electron chi connectivity index (χ0n) is 14.7. The number of pyridine rings is 1. The van der Waals surface area contributed by atoms with Gasteiger partial charge in [0.25, 0.3) is 0 Å². The van der Waals surface area contributed by atoms with Crippen LogP contribution in [0, 0.1) is 5.82 Å². The van der Waals surface area contributed by atoms with Crippen LogP contribution in [0.25, 0.3) is 10.9 Å². The minimum Gasteiger partial charge on any atom is -0.346 e. The topological polar surface area (TPSA) is 46.6 Å². The fraction of sp³-hybridized carbons (Fsp3) is 0.250. The van der Waals surface area contributed by atoms with Gasteiger partial charge in [0, 0.05) is 41.9 Å². The summed E-state index contributed by atoms with van der Waals surface area (Å²) in [5.74, 6) is -0.310. The van der Waals surface area contributed by atoms with Crippen LogP contribution in [0.15, 0.2) is 48.7 Å². The van der Waals surface area contributed by atoms with Crippen LogP contribution in [-0.2, 0) is 9.47 Å². The van der Waals surface area contributed by atoms with Crippen LogP contribution < -0.4 is 4.72 Å². The average molecular weight is 383 g/mol. The normalized spacial score (nSPS) is 20.6. The molecule has 1 fully saturated rings. The van der Waals surface area contributed by atoms with Crippen LogP contribution in [0.1, 0.15) is 29.0 Å². The fourth-order valence-corrected chi connectivity index (χ4v) is 4.49. The second kappa shape index (κ2) is 6.76. The molecule has 3 aromatic rings. The highest BCUT2D eigenvalue weighted by Gasteiger charge is 2.31. The Bertz CT molecular complexity index is 1010. The first-order chi connectivity index (χ1) is 13.2. The second-order valence-electron chi connectivity index (χ2n) is 6.60. The van der Waals surface area contributed by atoms with Gasteiger partial charge in [-0.2, -0.15) is 0 Å². The van der Waals surface area contributed by atoms with Crippen molar-refractivity contribution >= 4 is 28.7 Å². The Morgan fingerprint density at radius 3 is 2.85 bits per heavy atom. The van der Waals surface area contributed by atoms with Gasteiger partial charge in [0.05, 0.1) is 30.5 Å². The van der Waals surface area contributed by atoms with Crippen molar-refractivity contribution in [1.29, 1.82) is 0 Å². The minimum absolute atomic E-state index is 0.0431. The van der Waals surface area contributed by atoms with Gasteiger partial charge in [-0.25, -0.2) is 8.70 Å². The van der Waals surface area contributed by atoms with Crippen molar-refractivity contribution in [2.45, 2.75) is 12.3 Å². The number of benzene rings is 2. The van der Waals surface area contributed by atoms with Gasteiger partial charge in [-0.05, 0) is 23.8 Å². The lowest BCUT2D eigenvalue weighted by molar-refractivity contribution is -0.0465. The first kappa shape index (κ1) is 16.9. The quantitative estimate of drug-likeness (QED) is 0.661. The summed E-state index contributed by atoms with van der Waals surface area (Å²) in [5, 5.41) is 1.08. The van der Waals surface area contributed by atoms with E-state index in [4.69, 9.17) is 9.47 Å². The summed E-state index contributed by atoms with van der Waals surface area (Å²) < 4.78 is 30.9. The smallest absolute Gasteiger partial charge is 0.186 e. The Hall–Kier alpha value is -2.19. The Labute approximate surface area is 160 Å². The molecule has 2 aliphatic heterocycles. The Balaban J connectivity index is 1.63. The molecule has 3 heterocycles. The molecule has 1 unspecified atom stereocenters. The van der Waals surface area contributed by atoms with Gasteiger partial charge >= 0.3 is 0 Å². The van der Waals surface area contributed by atoms with E-state index >= 15 is 0 Å². The number of nitrogens with one attached hydrogen (secondary N) is 1. The third kappa shape index (κ3) is 2.87. The summed E-state index contributed by atoms with van der Waals surface area (Å²) in [6.07, 6.45) is 1.16. The van der Waals surface area contributed by atoms with Crippen molar-refractivity contribution in [1.82, 2.24) is 9.29 Å². The highest BCUT2D eigenvalue weighted by molar-refractivity contribution is 7.98. The Morgan fingerprint density at radius 2 is 2.00 bits per heavy atom. The standard InChI is InChI=1S/C20H18FN3O2S/c1-24-19(13-5-7-16(21)15(11-13)20-25-9-10-26-20)14-6-4-12-3-2-8-22-17(12)18(14)23-27-24/h2-8,11,19-20,23H,9-10H2,1H3. The molecule has 5 nitrogen and oxygen atoms in total. The van der Waals surface area contributed by atoms with Gasteiger partial charge in [0.15, 0.2) is 6.29 Å². The van der Waals surface area contributed by atoms with Crippen LogP contribution >= 0.6 is 12.1 Å². The van der Waals surface area contributed by atoms with E-state index in [0.717, 1.165) is 27.7 Å². The van der Waals surface area contributed by atoms with Crippen LogP contribution in [0.3, 0.4) is 0 Å². The maximum Gasteiger partial charge on any atom is 0.186 e. The van der Waals surface area contributed by atoms with Gasteiger partial charge in [-0.1, -0.05) is 24.3 Å². The number of hydrogen-bond donors (Lipinski definition) is 1. The van der Waals surface area contributed by atoms with Crippen molar-refractivity contribution in [3.05, 3.63) is 71.2 Å². The van der Waals surface area contributed by atoms with Crippen molar-refractivity contribution in [3.8, 4) is 0 Å². The van der Waals surface area contributed by atoms with Gasteiger partial charge in [0.1, 0.15) is 5.82 Å². The maximum atomic E-state index is 14.4. The highest BCUT2D eigenvalue weighted by atomic mass is 32.2. The molecule has 0 aliphatic carbocycles. The van der Waals surface area contributed by atoms with E-state index in [1.165, 1.54) is 18.2 Å². The summed E-state index contributed by atoms with van der Waals surface area (Å²) in [5.41, 5.74) is 4.47. The van der Waals surface area contributed by atoms with Gasteiger partial charge in [0.2, 0.25) is 0 Å². The molecule has 138 valence electrons. The van der Waals surface area contributed by atoms with Gasteiger partial charge < -0.3 is 14.2 Å². The minimum atomic E-state index is -0.637. The molecule has 27 heavy (non-hydrogen) atoms. The van der Waals surface area contributed by atoms with E-state index in [1.54, 1.807) is 6.20 Å². The number of halogens is 1. The monoisotopic (exact) mass is 383 g/mol. The van der Waals surface area contributed by atoms with E-state index in [9.17, 15) is 4.39 Å². The van der Waals surface area contributed by atoms with Crippen molar-refractivity contribution in [3.63, 3.8) is 0 Å². The molecule has 0 amide bonds. The number of ether oxygens (including phenoxy) is 2. The molecule has 2 aliphatic rings. The molecule has 5 rings (SSSR count). The number of fused-ring (bicyclic) bond motifs is 3. The molecule has 2 aromatic carbocycles. The van der Waals surface area contributed by atoms with Crippen LogP contribution in [0.4, 0.5) is 10.1 Å². The molecule has 0 bridgehead atoms. The lowest BCUT2D eigenvalue weighted by Gasteiger charge is -2.34. The summed E-state index contributed by atoms with van der Waals surface area (Å²) in [4.78, 5) is 4.55. The first-order valence-electron chi connectivity index (χ1n) is 8.78. The lowest BCUT2D eigenvalue weighted by Crippen LogP contribution is -2.26. The second-order valence-corrected chi connectivity index (χ2v) is 7.56. The molecule has 1 saturated heterocycles. The molecule has 1 aromatic heterocycles. The van der Waals surface area contributed by atoms with E-state index in [-0.39, 0.29) is 11.9 Å². The molecule has 0 spiro atoms. The largest absolute Gasteiger partial charge is 0.346 e. The van der Waals surface area contributed by atoms with Crippen LogP contribution in [-0.4, -0.2) is 29.6 Å². The number of rotatable bonds is 2. The zero-order chi connectivity index (χ0) is 18.4. The van der Waals surface area contributed by atoms with E-state index in [2.05, 4.69) is 26.1 Å². The predicted octanol–water partition coefficient (Wildman–Crippen LogP) is 4.43. The Kier molecular flexibility index (Phi) is 4.24. The number of nitrogens with zero attached hydrogens (tertiary/aromatic N) is 2. The average Bonchev–Trinajstić information content (AvgIpc) is 3.23. The van der Waals surface area contributed by atoms with Gasteiger partial charge in [-0.15, -0.1) is 0 Å². The molecule has 1 atom stereocenters. The van der Waals surface area contributed by atoms with E-state index < -0.39 is 6.29 Å². The molecular formula is C20H18FN3O2S. The molecule has 0 saturated carbocycles. The summed E-state index contributed by atoms with van der Waals surface area (Å²) in [7, 11) is 2.01. The summed E-state index contributed by atoms with van der Waals surface area (Å²) in [6.45, 7) is 0.968. The van der Waals surface area contributed by atoms with Crippen molar-refractivity contribution < 1.29 is 13.9 Å². The van der Waals surface area contributed by atoms with Crippen LogP contribution in [0.5, 0.6) is 0 Å². The molecule has 1 N–H and O–H groups in total. The third-order valence-corrected chi connectivity index (χ3v) is 5.76. The maximum absolute atomic E-state index is 14.4. The SMILES string of the molecule is CN1SNc2c(ccc3cccnc23)C1c1ccc(F)c(C2OCCO2)c1. The molecular weight excluding hydrogens is 365 g/mol.